The Kier molecular flexibility index (Phi) is 20.9. The van der Waals surface area contributed by atoms with Crippen LogP contribution in [0.15, 0.2) is 169 Å². The molecule has 1 saturated heterocycles. The van der Waals surface area contributed by atoms with Gasteiger partial charge in [-0.15, -0.1) is 45.3 Å². The lowest BCUT2D eigenvalue weighted by Gasteiger charge is -2.27. The highest BCUT2D eigenvalue weighted by Gasteiger charge is 2.38. The number of carbonyl (C=O) groups is 6. The third-order valence-corrected chi connectivity index (χ3v) is 21.6. The van der Waals surface area contributed by atoms with Crippen LogP contribution in [0, 0.1) is 0 Å². The zero-order valence-corrected chi connectivity index (χ0v) is 61.5. The first-order valence-electron chi connectivity index (χ1n) is 32.8. The zero-order valence-electron chi connectivity index (χ0n) is 56.0. The molecule has 0 atom stereocenters. The Bertz CT molecular complexity index is 5370. The normalized spacial score (nSPS) is 13.6. The molecule has 13 aromatic rings. The van der Waals surface area contributed by atoms with Crippen LogP contribution < -0.4 is 50.2 Å². The number of benzene rings is 5. The van der Waals surface area contributed by atoms with Gasteiger partial charge in [0.15, 0.2) is 17.5 Å². The summed E-state index contributed by atoms with van der Waals surface area (Å²) in [6.07, 6.45) is 5.66. The van der Waals surface area contributed by atoms with E-state index in [1.165, 1.54) is 45.0 Å². The molecule has 0 aliphatic carbocycles. The number of aromatic nitrogens is 6. The van der Waals surface area contributed by atoms with Gasteiger partial charge in [0.1, 0.15) is 90.1 Å². The number of nitrogens with zero attached hydrogens (tertiary/aromatic N) is 10. The van der Waals surface area contributed by atoms with E-state index in [0.29, 0.717) is 163 Å². The molecule has 540 valence electrons. The van der Waals surface area contributed by atoms with E-state index in [0.717, 1.165) is 46.2 Å². The maximum atomic E-state index is 13.5. The second-order valence-electron chi connectivity index (χ2n) is 23.3. The number of para-hydroxylation sites is 1. The highest BCUT2D eigenvalue weighted by molar-refractivity contribution is 7.22. The van der Waals surface area contributed by atoms with Crippen molar-refractivity contribution in [1.82, 2.24) is 34.8 Å². The number of halogens is 3. The lowest BCUT2D eigenvalue weighted by Crippen LogP contribution is -2.35. The molecule has 8 aromatic heterocycles. The fourth-order valence-electron chi connectivity index (χ4n) is 11.8. The molecular weight excluding hydrogens is 1520 g/mol. The summed E-state index contributed by atoms with van der Waals surface area (Å²) in [6.45, 7) is 8.34. The summed E-state index contributed by atoms with van der Waals surface area (Å²) >= 11 is 24.5. The molecule has 0 saturated carbocycles. The van der Waals surface area contributed by atoms with E-state index in [2.05, 4.69) is 56.1 Å². The number of rotatable bonds is 19. The topological polar surface area (TPSA) is 309 Å². The largest absolute Gasteiger partial charge is 0.487 e. The smallest absolute Gasteiger partial charge is 0.350 e. The number of carbonyl (C=O) groups excluding carboxylic acids is 6. The number of urea groups is 3. The van der Waals surface area contributed by atoms with E-state index < -0.39 is 30.0 Å². The Morgan fingerprint density at radius 2 is 1.06 bits per heavy atom. The van der Waals surface area contributed by atoms with E-state index in [9.17, 15) is 28.8 Å². The number of nitrogens with one attached hydrogen (secondary N) is 4. The molecule has 4 N–H and O–H groups in total. The number of ether oxygens (including phenoxy) is 6. The lowest BCUT2D eigenvalue weighted by atomic mass is 10.1. The number of furan rings is 1. The van der Waals surface area contributed by atoms with Crippen molar-refractivity contribution in [3.63, 3.8) is 0 Å². The van der Waals surface area contributed by atoms with Crippen LogP contribution in [0.25, 0.3) is 30.6 Å². The van der Waals surface area contributed by atoms with Crippen molar-refractivity contribution < 1.29 is 61.6 Å². The number of hydrogen-bond acceptors (Lipinski definition) is 24. The van der Waals surface area contributed by atoms with Gasteiger partial charge >= 0.3 is 30.0 Å². The predicted octanol–water partition coefficient (Wildman–Crippen LogP) is 18.1. The van der Waals surface area contributed by atoms with Gasteiger partial charge in [-0.2, -0.15) is 0 Å². The van der Waals surface area contributed by atoms with Crippen molar-refractivity contribution in [3.8, 4) is 23.0 Å². The third kappa shape index (κ3) is 14.9. The SMILES string of the molecule is CCOC(=O)c1sc2ncnc3c2c1NC(=O)N3c1ccc(OCc2ccco2)c(Cl)c1.CCOC(=O)c1sc2ncnc3c2c1NC(=O)N3c1ccc(OCc2cccs2)c(Cl)c1.O=C(Nc1ccc(CN2CCOCC2)c(Cl)c1)c1sc2ncnc3c2c1NC(=O)N3c1ccc(Oc2ccccc2)cc1. The molecular formula is C73H55Cl3N14O13S4. The molecule has 4 aliphatic rings. The van der Waals surface area contributed by atoms with Gasteiger partial charge in [0.25, 0.3) is 5.91 Å². The second-order valence-corrected chi connectivity index (χ2v) is 28.6. The Labute approximate surface area is 638 Å². The quantitative estimate of drug-likeness (QED) is 0.0547. The van der Waals surface area contributed by atoms with Crippen molar-refractivity contribution in [2.45, 2.75) is 33.6 Å². The van der Waals surface area contributed by atoms with Crippen molar-refractivity contribution in [3.05, 3.63) is 210 Å². The predicted molar refractivity (Wildman–Crippen MR) is 411 cm³/mol. The number of amides is 7. The van der Waals surface area contributed by atoms with Crippen molar-refractivity contribution in [2.24, 2.45) is 0 Å². The van der Waals surface area contributed by atoms with Gasteiger partial charge in [-0.25, -0.2) is 68.6 Å². The van der Waals surface area contributed by atoms with E-state index in [-0.39, 0.29) is 35.5 Å². The third-order valence-electron chi connectivity index (χ3n) is 16.6. The monoisotopic (exact) mass is 1570 g/mol. The molecule has 12 heterocycles. The molecule has 0 radical (unpaired) electrons. The summed E-state index contributed by atoms with van der Waals surface area (Å²) in [5, 5.41) is 16.3. The van der Waals surface area contributed by atoms with Gasteiger partial charge < -0.3 is 54.1 Å². The van der Waals surface area contributed by atoms with Gasteiger partial charge in [0.05, 0.1) is 93.0 Å². The standard InChI is InChI=1S/C31H25ClN6O4S.C21H15ClN4O5S.C21H15ClN4O4S2/c32-24-16-20(7-6-19(24)17-37-12-14-41-15-13-37)35-29(39)27-26-25-28(33-18-34-30(25)43-27)38(31(40)36-26)21-8-10-23(11-9-21)42-22-4-2-1-3-5-22;1-2-29-20(27)17-16-15-18(23-10-24-19(15)32-17)26(21(28)25-16)11-5-6-14(13(22)8-11)31-9-12-4-3-7-30-12;1-2-29-20(27)17-16-15-18(23-10-24-19(15)32-17)26(21(28)25-16)11-5-6-14(13(22)8-11)30-9-12-4-3-7-31-12/h1-11,16,18H,12-15,17H2,(H,35,39)(H,36,40);2*3-8,10H,2,9H2,1H3,(H,25,28). The lowest BCUT2D eigenvalue weighted by molar-refractivity contribution is 0.0342. The fourth-order valence-corrected chi connectivity index (χ4v) is 16.0. The molecule has 107 heavy (non-hydrogen) atoms. The molecule has 7 amide bonds. The Morgan fingerprint density at radius 1 is 0.542 bits per heavy atom. The molecule has 17 rings (SSSR count). The van der Waals surface area contributed by atoms with Crippen LogP contribution in [0.3, 0.4) is 0 Å². The van der Waals surface area contributed by atoms with E-state index in [4.69, 9.17) is 67.6 Å². The van der Waals surface area contributed by atoms with Crippen molar-refractivity contribution in [2.75, 3.05) is 75.5 Å². The first-order chi connectivity index (χ1) is 52.2. The zero-order chi connectivity index (χ0) is 73.8. The van der Waals surface area contributed by atoms with Crippen LogP contribution in [0.1, 0.15) is 59.1 Å². The minimum absolute atomic E-state index is 0.220. The minimum Gasteiger partial charge on any atom is -0.487 e. The number of anilines is 10. The molecule has 0 unspecified atom stereocenters. The number of hydrogen-bond donors (Lipinski definition) is 4. The molecule has 5 aromatic carbocycles. The van der Waals surface area contributed by atoms with Crippen molar-refractivity contribution >= 4 is 204 Å². The summed E-state index contributed by atoms with van der Waals surface area (Å²) in [6, 6.07) is 38.2. The van der Waals surface area contributed by atoms with Gasteiger partial charge in [0.2, 0.25) is 0 Å². The molecule has 1 fully saturated rings. The summed E-state index contributed by atoms with van der Waals surface area (Å²) in [5.41, 5.74) is 4.20. The van der Waals surface area contributed by atoms with Crippen LogP contribution in [0.2, 0.25) is 15.1 Å². The highest BCUT2D eigenvalue weighted by atomic mass is 35.5. The highest BCUT2D eigenvalue weighted by Crippen LogP contribution is 2.49. The molecule has 0 spiro atoms. The van der Waals surface area contributed by atoms with Crippen molar-refractivity contribution in [1.29, 1.82) is 0 Å². The van der Waals surface area contributed by atoms with Crippen LogP contribution in [-0.2, 0) is 34.0 Å². The Morgan fingerprint density at radius 3 is 1.56 bits per heavy atom. The summed E-state index contributed by atoms with van der Waals surface area (Å²) < 4.78 is 38.3. The van der Waals surface area contributed by atoms with Gasteiger partial charge in [0, 0.05) is 35.2 Å². The van der Waals surface area contributed by atoms with E-state index in [1.54, 1.807) is 110 Å². The molecule has 27 nitrogen and oxygen atoms in total. The van der Waals surface area contributed by atoms with E-state index >= 15 is 0 Å². The second kappa shape index (κ2) is 31.4. The van der Waals surface area contributed by atoms with Crippen LogP contribution in [0.5, 0.6) is 23.0 Å². The number of morpholine rings is 1. The van der Waals surface area contributed by atoms with Crippen LogP contribution in [0.4, 0.5) is 71.6 Å². The van der Waals surface area contributed by atoms with Gasteiger partial charge in [-0.1, -0.05) is 65.1 Å². The number of esters is 2. The van der Waals surface area contributed by atoms with Gasteiger partial charge in [-0.3, -0.25) is 9.69 Å². The summed E-state index contributed by atoms with van der Waals surface area (Å²) in [5.74, 6) is 2.65. The fraction of sp³-hybridized carbons (Fsp3) is 0.151. The molecule has 4 aliphatic heterocycles. The number of thiophene rings is 4. The van der Waals surface area contributed by atoms with Crippen LogP contribution in [-0.4, -0.2) is 110 Å². The van der Waals surface area contributed by atoms with Crippen LogP contribution >= 0.6 is 80.1 Å². The van der Waals surface area contributed by atoms with E-state index in [1.807, 2.05) is 60.0 Å². The average molecular weight is 1570 g/mol. The first-order valence-corrected chi connectivity index (χ1v) is 37.2. The summed E-state index contributed by atoms with van der Waals surface area (Å²) in [7, 11) is 0. The molecule has 34 heteroatoms. The Hall–Kier alpha value is -11.4. The first kappa shape index (κ1) is 71.2. The average Bonchev–Trinajstić information content (AvgIpc) is 1.63. The minimum atomic E-state index is -0.522. The summed E-state index contributed by atoms with van der Waals surface area (Å²) in [4.78, 5) is 114. The van der Waals surface area contributed by atoms with Gasteiger partial charge in [-0.05, 0) is 128 Å². The Balaban J connectivity index is 0.000000131. The maximum Gasteiger partial charge on any atom is 0.350 e. The maximum absolute atomic E-state index is 13.5. The molecule has 0 bridgehead atoms.